The number of amides is 3. The van der Waals surface area contributed by atoms with Crippen LogP contribution in [0.5, 0.6) is 11.5 Å². The van der Waals surface area contributed by atoms with Crippen LogP contribution in [-0.4, -0.2) is 79.9 Å². The van der Waals surface area contributed by atoms with E-state index in [1.54, 1.807) is 17.0 Å². The molecule has 28 heavy (non-hydrogen) atoms. The highest BCUT2D eigenvalue weighted by molar-refractivity contribution is 6.01. The first-order chi connectivity index (χ1) is 13.6. The molecule has 1 aromatic rings. The monoisotopic (exact) mass is 388 g/mol. The Morgan fingerprint density at radius 2 is 2.04 bits per heavy atom. The van der Waals surface area contributed by atoms with Crippen molar-refractivity contribution in [3.63, 3.8) is 0 Å². The van der Waals surface area contributed by atoms with Crippen LogP contribution >= 0.6 is 0 Å². The second kappa shape index (κ2) is 7.69. The van der Waals surface area contributed by atoms with Gasteiger partial charge in [-0.1, -0.05) is 6.07 Å². The second-order valence-corrected chi connectivity index (χ2v) is 7.04. The first kappa shape index (κ1) is 18.6. The summed E-state index contributed by atoms with van der Waals surface area (Å²) in [6.07, 6.45) is 0. The molecule has 3 heterocycles. The lowest BCUT2D eigenvalue weighted by Crippen LogP contribution is -2.44. The van der Waals surface area contributed by atoms with Crippen LogP contribution in [0.25, 0.3) is 0 Å². The average Bonchev–Trinajstić information content (AvgIpc) is 3.02. The zero-order valence-electron chi connectivity index (χ0n) is 15.7. The molecule has 0 bridgehead atoms. The smallest absolute Gasteiger partial charge is 0.319 e. The molecule has 0 spiro atoms. The number of urea groups is 1. The van der Waals surface area contributed by atoms with E-state index in [4.69, 9.17) is 9.47 Å². The van der Waals surface area contributed by atoms with Gasteiger partial charge in [-0.05, 0) is 17.7 Å². The number of phenols is 1. The number of nitrogens with one attached hydrogen (secondary N) is 2. The summed E-state index contributed by atoms with van der Waals surface area (Å²) in [5, 5.41) is 15.4. The van der Waals surface area contributed by atoms with E-state index in [1.165, 1.54) is 13.2 Å². The van der Waals surface area contributed by atoms with Gasteiger partial charge in [0.25, 0.3) is 5.91 Å². The minimum absolute atomic E-state index is 0.00519. The number of ether oxygens (including phenoxy) is 2. The Morgan fingerprint density at radius 3 is 2.79 bits per heavy atom. The summed E-state index contributed by atoms with van der Waals surface area (Å²) in [6, 6.07) is 3.89. The number of carbonyl (C=O) groups excluding carboxylic acids is 2. The van der Waals surface area contributed by atoms with Crippen LogP contribution in [-0.2, 0) is 9.53 Å². The molecule has 1 unspecified atom stereocenters. The number of hydrogen-bond acceptors (Lipinski definition) is 6. The van der Waals surface area contributed by atoms with E-state index in [0.29, 0.717) is 48.9 Å². The molecule has 3 aliphatic heterocycles. The quantitative estimate of drug-likeness (QED) is 0.665. The van der Waals surface area contributed by atoms with Crippen LogP contribution in [0.1, 0.15) is 11.6 Å². The van der Waals surface area contributed by atoms with Gasteiger partial charge in [0.2, 0.25) is 0 Å². The summed E-state index contributed by atoms with van der Waals surface area (Å²) in [5.41, 5.74) is 1.85. The molecule has 0 saturated carbocycles. The topological polar surface area (TPSA) is 103 Å². The SMILES string of the molecule is COc1cc(C2NC(=O)NC3=C2C(=O)N(CCN2CCOCC2)C3)ccc1O. The van der Waals surface area contributed by atoms with Crippen molar-refractivity contribution in [1.29, 1.82) is 0 Å². The van der Waals surface area contributed by atoms with Crippen molar-refractivity contribution in [3.05, 3.63) is 35.0 Å². The van der Waals surface area contributed by atoms with Crippen LogP contribution < -0.4 is 15.4 Å². The van der Waals surface area contributed by atoms with Crippen LogP contribution in [0.2, 0.25) is 0 Å². The maximum atomic E-state index is 13.1. The number of hydrogen-bond donors (Lipinski definition) is 3. The second-order valence-electron chi connectivity index (χ2n) is 7.04. The lowest BCUT2D eigenvalue weighted by Gasteiger charge is -2.28. The van der Waals surface area contributed by atoms with Crippen molar-refractivity contribution in [2.75, 3.05) is 53.0 Å². The number of phenolic OH excluding ortho intramolecular Hbond substituents is 1. The summed E-state index contributed by atoms with van der Waals surface area (Å²) < 4.78 is 10.5. The number of aromatic hydroxyl groups is 1. The Bertz CT molecular complexity index is 819. The summed E-state index contributed by atoms with van der Waals surface area (Å²) >= 11 is 0. The summed E-state index contributed by atoms with van der Waals surface area (Å²) in [6.45, 7) is 4.91. The lowest BCUT2D eigenvalue weighted by atomic mass is 9.96. The van der Waals surface area contributed by atoms with Gasteiger partial charge in [0.1, 0.15) is 0 Å². The zero-order chi connectivity index (χ0) is 19.7. The molecule has 9 nitrogen and oxygen atoms in total. The molecule has 0 radical (unpaired) electrons. The highest BCUT2D eigenvalue weighted by Crippen LogP contribution is 2.36. The fourth-order valence-electron chi connectivity index (χ4n) is 3.82. The predicted molar refractivity (Wildman–Crippen MR) is 99.9 cm³/mol. The highest BCUT2D eigenvalue weighted by atomic mass is 16.5. The predicted octanol–water partition coefficient (Wildman–Crippen LogP) is 0.183. The molecule has 3 amide bonds. The molecule has 1 fully saturated rings. The maximum absolute atomic E-state index is 13.1. The van der Waals surface area contributed by atoms with E-state index in [1.807, 2.05) is 0 Å². The zero-order valence-corrected chi connectivity index (χ0v) is 15.7. The Hall–Kier alpha value is -2.78. The molecule has 3 N–H and O–H groups in total. The molecule has 4 rings (SSSR count). The summed E-state index contributed by atoms with van der Waals surface area (Å²) in [4.78, 5) is 29.3. The van der Waals surface area contributed by atoms with Gasteiger partial charge in [-0.25, -0.2) is 4.79 Å². The molecule has 1 aromatic carbocycles. The minimum atomic E-state index is -0.584. The number of carbonyl (C=O) groups is 2. The number of benzene rings is 1. The number of rotatable bonds is 5. The number of methoxy groups -OCH3 is 1. The van der Waals surface area contributed by atoms with Crippen molar-refractivity contribution in [2.24, 2.45) is 0 Å². The van der Waals surface area contributed by atoms with Crippen molar-refractivity contribution < 1.29 is 24.2 Å². The van der Waals surface area contributed by atoms with E-state index in [0.717, 1.165) is 19.6 Å². The summed E-state index contributed by atoms with van der Waals surface area (Å²) in [7, 11) is 1.46. The van der Waals surface area contributed by atoms with Crippen LogP contribution in [0.4, 0.5) is 4.79 Å². The molecule has 9 heteroatoms. The van der Waals surface area contributed by atoms with E-state index >= 15 is 0 Å². The fraction of sp³-hybridized carbons (Fsp3) is 0.474. The first-order valence-corrected chi connectivity index (χ1v) is 9.33. The normalized spacial score (nSPS) is 22.8. The van der Waals surface area contributed by atoms with Gasteiger partial charge < -0.3 is 30.1 Å². The number of nitrogens with zero attached hydrogens (tertiary/aromatic N) is 2. The Labute approximate surface area is 162 Å². The third kappa shape index (κ3) is 3.50. The van der Waals surface area contributed by atoms with Gasteiger partial charge in [-0.2, -0.15) is 0 Å². The third-order valence-corrected chi connectivity index (χ3v) is 5.35. The van der Waals surface area contributed by atoms with E-state index in [-0.39, 0.29) is 17.7 Å². The van der Waals surface area contributed by atoms with Crippen LogP contribution in [0.15, 0.2) is 29.5 Å². The van der Waals surface area contributed by atoms with E-state index in [2.05, 4.69) is 15.5 Å². The largest absolute Gasteiger partial charge is 0.504 e. The van der Waals surface area contributed by atoms with Gasteiger partial charge in [0, 0.05) is 26.2 Å². The van der Waals surface area contributed by atoms with Gasteiger partial charge >= 0.3 is 6.03 Å². The molecule has 1 saturated heterocycles. The molecular formula is C19H24N4O5. The van der Waals surface area contributed by atoms with E-state index < -0.39 is 6.04 Å². The third-order valence-electron chi connectivity index (χ3n) is 5.35. The molecule has 150 valence electrons. The van der Waals surface area contributed by atoms with Crippen molar-refractivity contribution in [1.82, 2.24) is 20.4 Å². The highest BCUT2D eigenvalue weighted by Gasteiger charge is 2.40. The molecular weight excluding hydrogens is 364 g/mol. The Kier molecular flexibility index (Phi) is 5.10. The Balaban J connectivity index is 1.52. The standard InChI is InChI=1S/C19H24N4O5/c1-27-15-10-12(2-3-14(15)24)17-16-13(20-19(26)21-17)11-23(18(16)25)5-4-22-6-8-28-9-7-22/h2-3,10,17,24H,4-9,11H2,1H3,(H2,20,21,26). The summed E-state index contributed by atoms with van der Waals surface area (Å²) in [5.74, 6) is 0.209. The fourth-order valence-corrected chi connectivity index (χ4v) is 3.82. The number of morpholine rings is 1. The molecule has 3 aliphatic rings. The van der Waals surface area contributed by atoms with Gasteiger partial charge in [0.15, 0.2) is 11.5 Å². The average molecular weight is 388 g/mol. The molecule has 1 atom stereocenters. The van der Waals surface area contributed by atoms with Crippen LogP contribution in [0.3, 0.4) is 0 Å². The minimum Gasteiger partial charge on any atom is -0.504 e. The lowest BCUT2D eigenvalue weighted by molar-refractivity contribution is -0.126. The van der Waals surface area contributed by atoms with Gasteiger partial charge in [-0.3, -0.25) is 9.69 Å². The van der Waals surface area contributed by atoms with Crippen molar-refractivity contribution >= 4 is 11.9 Å². The van der Waals surface area contributed by atoms with Crippen LogP contribution in [0, 0.1) is 0 Å². The molecule has 0 aliphatic carbocycles. The Morgan fingerprint density at radius 1 is 1.25 bits per heavy atom. The maximum Gasteiger partial charge on any atom is 0.319 e. The van der Waals surface area contributed by atoms with Gasteiger partial charge in [0.05, 0.1) is 44.2 Å². The van der Waals surface area contributed by atoms with Crippen molar-refractivity contribution in [3.8, 4) is 11.5 Å². The molecule has 0 aromatic heterocycles. The van der Waals surface area contributed by atoms with E-state index in [9.17, 15) is 14.7 Å². The van der Waals surface area contributed by atoms with Gasteiger partial charge in [-0.15, -0.1) is 0 Å². The first-order valence-electron chi connectivity index (χ1n) is 9.33. The van der Waals surface area contributed by atoms with Crippen molar-refractivity contribution in [2.45, 2.75) is 6.04 Å².